The highest BCUT2D eigenvalue weighted by molar-refractivity contribution is 5.17. The average molecular weight is 325 g/mol. The van der Waals surface area contributed by atoms with Gasteiger partial charge in [0, 0.05) is 25.7 Å². The van der Waals surface area contributed by atoms with Crippen molar-refractivity contribution >= 4 is 0 Å². The van der Waals surface area contributed by atoms with Crippen LogP contribution < -0.4 is 5.32 Å². The Morgan fingerprint density at radius 3 is 1.75 bits per heavy atom. The van der Waals surface area contributed by atoms with E-state index in [-0.39, 0.29) is 0 Å². The van der Waals surface area contributed by atoms with E-state index in [1.807, 2.05) is 0 Å². The van der Waals surface area contributed by atoms with E-state index in [9.17, 15) is 0 Å². The van der Waals surface area contributed by atoms with Gasteiger partial charge in [-0.3, -0.25) is 4.90 Å². The van der Waals surface area contributed by atoms with Crippen LogP contribution in [-0.2, 0) is 13.1 Å². The average Bonchev–Trinajstić information content (AvgIpc) is 2.60. The minimum absolute atomic E-state index is 0.525. The minimum Gasteiger partial charge on any atom is -0.315 e. The van der Waals surface area contributed by atoms with Gasteiger partial charge >= 0.3 is 0 Å². The largest absolute Gasteiger partial charge is 0.315 e. The molecule has 2 heteroatoms. The summed E-state index contributed by atoms with van der Waals surface area (Å²) in [6.45, 7) is 11.0. The zero-order chi connectivity index (χ0) is 17.2. The Morgan fingerprint density at radius 2 is 1.33 bits per heavy atom. The molecule has 0 saturated heterocycles. The normalized spacial score (nSPS) is 12.7. The summed E-state index contributed by atoms with van der Waals surface area (Å²) < 4.78 is 0. The van der Waals surface area contributed by atoms with Crippen LogP contribution in [-0.4, -0.2) is 24.0 Å². The van der Waals surface area contributed by atoms with Gasteiger partial charge in [-0.2, -0.15) is 0 Å². The minimum atomic E-state index is 0.525. The Hall–Kier alpha value is -1.64. The summed E-state index contributed by atoms with van der Waals surface area (Å²) in [5.41, 5.74) is 2.77. The maximum atomic E-state index is 3.63. The fourth-order valence-electron chi connectivity index (χ4n) is 3.14. The molecule has 0 aliphatic heterocycles. The number of benzene rings is 2. The molecular weight excluding hydrogens is 292 g/mol. The predicted molar refractivity (Wildman–Crippen MR) is 104 cm³/mol. The highest BCUT2D eigenvalue weighted by Crippen LogP contribution is 2.18. The van der Waals surface area contributed by atoms with Crippen LogP contribution in [0, 0.1) is 5.92 Å². The first kappa shape index (κ1) is 18.7. The van der Waals surface area contributed by atoms with Crippen LogP contribution in [0.4, 0.5) is 0 Å². The SMILES string of the molecule is CCCNCC(C(C)C)N(Cc1ccccc1)Cc1ccccc1. The molecule has 0 saturated carbocycles. The lowest BCUT2D eigenvalue weighted by Gasteiger charge is -2.35. The van der Waals surface area contributed by atoms with Gasteiger partial charge in [-0.05, 0) is 30.0 Å². The van der Waals surface area contributed by atoms with E-state index in [4.69, 9.17) is 0 Å². The number of rotatable bonds is 10. The van der Waals surface area contributed by atoms with Gasteiger partial charge in [0.15, 0.2) is 0 Å². The van der Waals surface area contributed by atoms with Crippen molar-refractivity contribution in [3.63, 3.8) is 0 Å². The van der Waals surface area contributed by atoms with Crippen LogP contribution >= 0.6 is 0 Å². The van der Waals surface area contributed by atoms with Crippen molar-refractivity contribution in [2.24, 2.45) is 5.92 Å². The smallest absolute Gasteiger partial charge is 0.0250 e. The molecule has 0 aliphatic rings. The van der Waals surface area contributed by atoms with E-state index in [2.05, 4.69) is 91.7 Å². The summed E-state index contributed by atoms with van der Waals surface area (Å²) in [5, 5.41) is 3.63. The summed E-state index contributed by atoms with van der Waals surface area (Å²) in [5.74, 6) is 0.613. The van der Waals surface area contributed by atoms with E-state index >= 15 is 0 Å². The maximum Gasteiger partial charge on any atom is 0.0250 e. The van der Waals surface area contributed by atoms with Gasteiger partial charge in [0.1, 0.15) is 0 Å². The topological polar surface area (TPSA) is 15.3 Å². The Labute approximate surface area is 147 Å². The van der Waals surface area contributed by atoms with Crippen molar-refractivity contribution in [3.05, 3.63) is 71.8 Å². The molecule has 0 spiro atoms. The van der Waals surface area contributed by atoms with Crippen LogP contribution in [0.3, 0.4) is 0 Å². The molecule has 0 aromatic heterocycles. The van der Waals surface area contributed by atoms with E-state index in [1.54, 1.807) is 0 Å². The second-order valence-electron chi connectivity index (χ2n) is 6.89. The van der Waals surface area contributed by atoms with Crippen LogP contribution in [0.25, 0.3) is 0 Å². The Balaban J connectivity index is 2.15. The highest BCUT2D eigenvalue weighted by atomic mass is 15.2. The quantitative estimate of drug-likeness (QED) is 0.637. The lowest BCUT2D eigenvalue weighted by molar-refractivity contribution is 0.135. The third-order valence-electron chi connectivity index (χ3n) is 4.48. The molecule has 0 bridgehead atoms. The van der Waals surface area contributed by atoms with Gasteiger partial charge in [0.25, 0.3) is 0 Å². The summed E-state index contributed by atoms with van der Waals surface area (Å²) in [7, 11) is 0. The maximum absolute atomic E-state index is 3.63. The molecule has 0 fully saturated rings. The summed E-state index contributed by atoms with van der Waals surface area (Å²) in [6.07, 6.45) is 1.18. The molecule has 2 aromatic carbocycles. The molecule has 0 aliphatic carbocycles. The van der Waals surface area contributed by atoms with Gasteiger partial charge < -0.3 is 5.32 Å². The number of hydrogen-bond acceptors (Lipinski definition) is 2. The first-order valence-corrected chi connectivity index (χ1v) is 9.23. The van der Waals surface area contributed by atoms with E-state index in [0.717, 1.165) is 26.2 Å². The second-order valence-corrected chi connectivity index (χ2v) is 6.89. The zero-order valence-corrected chi connectivity index (χ0v) is 15.4. The molecular formula is C22H32N2. The fourth-order valence-corrected chi connectivity index (χ4v) is 3.14. The monoisotopic (exact) mass is 324 g/mol. The molecule has 1 unspecified atom stereocenters. The van der Waals surface area contributed by atoms with Crippen LogP contribution in [0.15, 0.2) is 60.7 Å². The van der Waals surface area contributed by atoms with Crippen molar-refractivity contribution in [2.75, 3.05) is 13.1 Å². The Morgan fingerprint density at radius 1 is 0.833 bits per heavy atom. The standard InChI is InChI=1S/C22H32N2/c1-4-15-23-16-22(19(2)3)24(17-20-11-7-5-8-12-20)18-21-13-9-6-10-14-21/h5-14,19,22-23H,4,15-18H2,1-3H3. The number of nitrogens with zero attached hydrogens (tertiary/aromatic N) is 1. The molecule has 130 valence electrons. The number of nitrogens with one attached hydrogen (secondary N) is 1. The lowest BCUT2D eigenvalue weighted by atomic mass is 10.00. The molecule has 2 rings (SSSR count). The van der Waals surface area contributed by atoms with Gasteiger partial charge in [-0.25, -0.2) is 0 Å². The molecule has 1 N–H and O–H groups in total. The highest BCUT2D eigenvalue weighted by Gasteiger charge is 2.22. The summed E-state index contributed by atoms with van der Waals surface area (Å²) in [6, 6.07) is 22.2. The van der Waals surface area contributed by atoms with Gasteiger partial charge in [-0.15, -0.1) is 0 Å². The third kappa shape index (κ3) is 6.10. The number of hydrogen-bond donors (Lipinski definition) is 1. The molecule has 2 aromatic rings. The van der Waals surface area contributed by atoms with E-state index in [1.165, 1.54) is 17.5 Å². The van der Waals surface area contributed by atoms with Gasteiger partial charge in [-0.1, -0.05) is 81.4 Å². The van der Waals surface area contributed by atoms with Gasteiger partial charge in [0.2, 0.25) is 0 Å². The summed E-state index contributed by atoms with van der Waals surface area (Å²) >= 11 is 0. The van der Waals surface area contributed by atoms with Crippen molar-refractivity contribution in [2.45, 2.75) is 46.3 Å². The second kappa shape index (κ2) is 10.3. The van der Waals surface area contributed by atoms with Crippen LogP contribution in [0.5, 0.6) is 0 Å². The lowest BCUT2D eigenvalue weighted by Crippen LogP contribution is -2.45. The van der Waals surface area contributed by atoms with Crippen molar-refractivity contribution in [1.29, 1.82) is 0 Å². The first-order chi connectivity index (χ1) is 11.7. The van der Waals surface area contributed by atoms with Crippen molar-refractivity contribution in [1.82, 2.24) is 10.2 Å². The molecule has 2 nitrogen and oxygen atoms in total. The molecule has 1 atom stereocenters. The molecule has 0 radical (unpaired) electrons. The van der Waals surface area contributed by atoms with Crippen LogP contribution in [0.1, 0.15) is 38.3 Å². The van der Waals surface area contributed by atoms with E-state index in [0.29, 0.717) is 12.0 Å². The zero-order valence-electron chi connectivity index (χ0n) is 15.4. The predicted octanol–water partition coefficient (Wildman–Crippen LogP) is 4.71. The fraction of sp³-hybridized carbons (Fsp3) is 0.455. The third-order valence-corrected chi connectivity index (χ3v) is 4.48. The molecule has 0 heterocycles. The molecule has 24 heavy (non-hydrogen) atoms. The van der Waals surface area contributed by atoms with Crippen molar-refractivity contribution < 1.29 is 0 Å². The Kier molecular flexibility index (Phi) is 8.00. The Bertz CT molecular complexity index is 509. The first-order valence-electron chi connectivity index (χ1n) is 9.23. The van der Waals surface area contributed by atoms with Crippen molar-refractivity contribution in [3.8, 4) is 0 Å². The molecule has 0 amide bonds. The van der Waals surface area contributed by atoms with Crippen LogP contribution in [0.2, 0.25) is 0 Å². The van der Waals surface area contributed by atoms with Gasteiger partial charge in [0.05, 0.1) is 0 Å². The summed E-state index contributed by atoms with van der Waals surface area (Å²) in [4.78, 5) is 2.62. The van der Waals surface area contributed by atoms with E-state index < -0.39 is 0 Å².